The van der Waals surface area contributed by atoms with E-state index in [2.05, 4.69) is 39.3 Å². The highest BCUT2D eigenvalue weighted by molar-refractivity contribution is 6.84. The topological polar surface area (TPSA) is 9.23 Å². The van der Waals surface area contributed by atoms with Crippen LogP contribution in [0.4, 0.5) is 0 Å². The van der Waals surface area contributed by atoms with Crippen molar-refractivity contribution in [2.24, 2.45) is 0 Å². The van der Waals surface area contributed by atoms with Crippen molar-refractivity contribution >= 4 is 16.6 Å². The van der Waals surface area contributed by atoms with Crippen LogP contribution in [0, 0.1) is 0 Å². The third-order valence-electron chi connectivity index (χ3n) is 1.53. The Kier molecular flexibility index (Phi) is 4.44. The van der Waals surface area contributed by atoms with Gasteiger partial charge in [0.2, 0.25) is 0 Å². The van der Waals surface area contributed by atoms with Crippen LogP contribution in [0.3, 0.4) is 0 Å². The lowest BCUT2D eigenvalue weighted by Crippen LogP contribution is -2.41. The van der Waals surface area contributed by atoms with Gasteiger partial charge in [-0.05, 0) is 45.2 Å². The maximum atomic E-state index is 6.16. The van der Waals surface area contributed by atoms with Gasteiger partial charge >= 0.3 is 0 Å². The minimum absolute atomic E-state index is 1.10. The molecule has 0 amide bonds. The molecular weight excluding hydrogens is 180 g/mol. The molecule has 12 heavy (non-hydrogen) atoms. The van der Waals surface area contributed by atoms with E-state index in [1.807, 2.05) is 6.08 Å². The molecule has 0 aliphatic carbocycles. The van der Waals surface area contributed by atoms with Crippen LogP contribution in [-0.4, -0.2) is 16.6 Å². The Labute approximate surface area is 79.1 Å². The minimum atomic E-state index is -1.37. The second kappa shape index (κ2) is 4.39. The van der Waals surface area contributed by atoms with Gasteiger partial charge in [-0.25, -0.2) is 0 Å². The van der Waals surface area contributed by atoms with Gasteiger partial charge in [-0.1, -0.05) is 6.08 Å². The third kappa shape index (κ3) is 6.82. The van der Waals surface area contributed by atoms with E-state index in [1.165, 1.54) is 6.04 Å². The Bertz CT molecular complexity index is 147. The van der Waals surface area contributed by atoms with Gasteiger partial charge in [-0.15, -0.1) is 6.58 Å². The predicted molar refractivity (Wildman–Crippen MR) is 61.5 cm³/mol. The van der Waals surface area contributed by atoms with Gasteiger partial charge in [0.05, 0.1) is 0 Å². The molecule has 0 radical (unpaired) electrons. The van der Waals surface area contributed by atoms with Crippen molar-refractivity contribution < 1.29 is 4.12 Å². The van der Waals surface area contributed by atoms with Gasteiger partial charge in [-0.3, -0.25) is 0 Å². The van der Waals surface area contributed by atoms with Crippen molar-refractivity contribution in [3.63, 3.8) is 0 Å². The zero-order chi connectivity index (χ0) is 9.83. The summed E-state index contributed by atoms with van der Waals surface area (Å²) in [6, 6.07) is 1.21. The van der Waals surface area contributed by atoms with Crippen LogP contribution < -0.4 is 0 Å². The smallest absolute Gasteiger partial charge is 0.173 e. The second-order valence-electron chi connectivity index (χ2n) is 4.80. The molecule has 0 bridgehead atoms. The van der Waals surface area contributed by atoms with Gasteiger partial charge in [0.15, 0.2) is 16.6 Å². The maximum absolute atomic E-state index is 6.16. The molecule has 0 fully saturated rings. The van der Waals surface area contributed by atoms with Crippen LogP contribution in [0.25, 0.3) is 0 Å². The fourth-order valence-corrected chi connectivity index (χ4v) is 9.27. The molecule has 0 rings (SSSR count). The lowest BCUT2D eigenvalue weighted by atomic mass is 10.5. The predicted octanol–water partition coefficient (Wildman–Crippen LogP) is 3.62. The molecule has 0 aromatic rings. The van der Waals surface area contributed by atoms with E-state index in [1.54, 1.807) is 0 Å². The molecule has 0 aromatic heterocycles. The first-order valence-electron chi connectivity index (χ1n) is 4.58. The normalized spacial score (nSPS) is 13.1. The summed E-state index contributed by atoms with van der Waals surface area (Å²) in [5.74, 6) is 0. The molecule has 0 atom stereocenters. The molecule has 1 nitrogen and oxygen atoms in total. The SMILES string of the molecule is C=CCC[Si](C)(C)O[Si](C)(C)C. The average molecular weight is 202 g/mol. The molecule has 0 saturated heterocycles. The summed E-state index contributed by atoms with van der Waals surface area (Å²) in [5.41, 5.74) is 0. The van der Waals surface area contributed by atoms with E-state index in [0.717, 1.165) is 6.42 Å². The van der Waals surface area contributed by atoms with Crippen LogP contribution in [0.5, 0.6) is 0 Å². The summed E-state index contributed by atoms with van der Waals surface area (Å²) in [5, 5.41) is 0. The molecule has 0 spiro atoms. The standard InChI is InChI=1S/C9H22OSi2/c1-7-8-9-12(5,6)10-11(2,3)4/h7H,1,8-9H2,2-6H3. The minimum Gasteiger partial charge on any atom is -0.456 e. The van der Waals surface area contributed by atoms with Crippen molar-refractivity contribution in [3.8, 4) is 0 Å². The zero-order valence-corrected chi connectivity index (χ0v) is 11.1. The van der Waals surface area contributed by atoms with E-state index < -0.39 is 16.6 Å². The number of rotatable bonds is 5. The number of allylic oxidation sites excluding steroid dienone is 1. The van der Waals surface area contributed by atoms with E-state index >= 15 is 0 Å². The lowest BCUT2D eigenvalue weighted by Gasteiger charge is -2.31. The molecule has 0 N–H and O–H groups in total. The fraction of sp³-hybridized carbons (Fsp3) is 0.778. The highest BCUT2D eigenvalue weighted by atomic mass is 28.4. The van der Waals surface area contributed by atoms with Crippen molar-refractivity contribution in [2.45, 2.75) is 45.2 Å². The fourth-order valence-electron chi connectivity index (χ4n) is 1.33. The molecule has 0 aromatic carbocycles. The Morgan fingerprint density at radius 2 is 1.67 bits per heavy atom. The van der Waals surface area contributed by atoms with Crippen LogP contribution in [0.1, 0.15) is 6.42 Å². The third-order valence-corrected chi connectivity index (χ3v) is 7.69. The van der Waals surface area contributed by atoms with Crippen molar-refractivity contribution in [1.29, 1.82) is 0 Å². The van der Waals surface area contributed by atoms with Gasteiger partial charge < -0.3 is 4.12 Å². The van der Waals surface area contributed by atoms with Crippen molar-refractivity contribution in [1.82, 2.24) is 0 Å². The molecule has 0 aliphatic heterocycles. The first-order valence-corrected chi connectivity index (χ1v) is 11.1. The molecule has 0 aliphatic rings. The van der Waals surface area contributed by atoms with Gasteiger partial charge in [0.1, 0.15) is 0 Å². The molecule has 0 heterocycles. The van der Waals surface area contributed by atoms with Crippen molar-refractivity contribution in [2.75, 3.05) is 0 Å². The summed E-state index contributed by atoms with van der Waals surface area (Å²) in [6.07, 6.45) is 3.09. The van der Waals surface area contributed by atoms with E-state index in [9.17, 15) is 0 Å². The Morgan fingerprint density at radius 3 is 2.00 bits per heavy atom. The van der Waals surface area contributed by atoms with E-state index in [-0.39, 0.29) is 0 Å². The number of hydrogen-bond donors (Lipinski definition) is 0. The molecule has 0 unspecified atom stereocenters. The van der Waals surface area contributed by atoms with Crippen molar-refractivity contribution in [3.05, 3.63) is 12.7 Å². The first kappa shape index (κ1) is 12.1. The van der Waals surface area contributed by atoms with E-state index in [0.29, 0.717) is 0 Å². The Morgan fingerprint density at radius 1 is 1.17 bits per heavy atom. The van der Waals surface area contributed by atoms with Crippen LogP contribution >= 0.6 is 0 Å². The monoisotopic (exact) mass is 202 g/mol. The molecule has 0 saturated carbocycles. The summed E-state index contributed by atoms with van der Waals surface area (Å²) in [7, 11) is -2.68. The Balaban J connectivity index is 3.94. The van der Waals surface area contributed by atoms with Crippen LogP contribution in [-0.2, 0) is 4.12 Å². The zero-order valence-electron chi connectivity index (χ0n) is 9.11. The number of hydrogen-bond acceptors (Lipinski definition) is 1. The molecule has 3 heteroatoms. The highest BCUT2D eigenvalue weighted by Crippen LogP contribution is 2.19. The lowest BCUT2D eigenvalue weighted by molar-refractivity contribution is 0.548. The molecular formula is C9H22OSi2. The van der Waals surface area contributed by atoms with Gasteiger partial charge in [0.25, 0.3) is 0 Å². The first-order chi connectivity index (χ1) is 5.27. The maximum Gasteiger partial charge on any atom is 0.173 e. The van der Waals surface area contributed by atoms with Gasteiger partial charge in [-0.2, -0.15) is 0 Å². The second-order valence-corrected chi connectivity index (χ2v) is 13.9. The summed E-state index contributed by atoms with van der Waals surface area (Å²) in [6.45, 7) is 15.1. The Hall–Kier alpha value is 0.134. The average Bonchev–Trinajstić information content (AvgIpc) is 1.78. The summed E-state index contributed by atoms with van der Waals surface area (Å²) >= 11 is 0. The summed E-state index contributed by atoms with van der Waals surface area (Å²) in [4.78, 5) is 0. The largest absolute Gasteiger partial charge is 0.456 e. The quantitative estimate of drug-likeness (QED) is 0.489. The highest BCUT2D eigenvalue weighted by Gasteiger charge is 2.28. The van der Waals surface area contributed by atoms with Crippen LogP contribution in [0.15, 0.2) is 12.7 Å². The van der Waals surface area contributed by atoms with E-state index in [4.69, 9.17) is 4.12 Å². The van der Waals surface area contributed by atoms with Crippen LogP contribution in [0.2, 0.25) is 38.8 Å². The summed E-state index contributed by atoms with van der Waals surface area (Å²) < 4.78 is 6.16. The molecule has 72 valence electrons. The van der Waals surface area contributed by atoms with Gasteiger partial charge in [0, 0.05) is 0 Å².